The van der Waals surface area contributed by atoms with E-state index in [1.165, 1.54) is 0 Å². The predicted octanol–water partition coefficient (Wildman–Crippen LogP) is 2.72. The van der Waals surface area contributed by atoms with Gasteiger partial charge in [-0.15, -0.1) is 0 Å². The first-order chi connectivity index (χ1) is 8.04. The fraction of sp³-hybridized carbons (Fsp3) is 0.462. The van der Waals surface area contributed by atoms with Crippen LogP contribution in [0.5, 0.6) is 0 Å². The topological polar surface area (TPSA) is 29.5 Å². The molecule has 0 radical (unpaired) electrons. The van der Waals surface area contributed by atoms with E-state index < -0.39 is 0 Å². The molecule has 17 heavy (non-hydrogen) atoms. The number of nitrogens with zero attached hydrogens (tertiary/aromatic N) is 1. The van der Waals surface area contributed by atoms with Crippen molar-refractivity contribution in [2.75, 3.05) is 13.7 Å². The molecule has 1 rings (SSSR count). The van der Waals surface area contributed by atoms with Gasteiger partial charge in [-0.05, 0) is 38.6 Å². The normalized spacial score (nSPS) is 12.5. The van der Waals surface area contributed by atoms with Gasteiger partial charge in [-0.25, -0.2) is 0 Å². The zero-order valence-corrected chi connectivity index (χ0v) is 11.2. The van der Waals surface area contributed by atoms with Gasteiger partial charge in [-0.1, -0.05) is 23.7 Å². The van der Waals surface area contributed by atoms with Crippen LogP contribution in [0, 0.1) is 0 Å². The number of carbonyl (C=O) groups excluding carboxylic acids is 1. The fourth-order valence-corrected chi connectivity index (χ4v) is 1.58. The van der Waals surface area contributed by atoms with Crippen molar-refractivity contribution in [3.63, 3.8) is 0 Å². The minimum Gasteiger partial charge on any atom is -0.465 e. The number of ether oxygens (including phenoxy) is 1. The van der Waals surface area contributed by atoms with E-state index in [4.69, 9.17) is 16.3 Å². The highest BCUT2D eigenvalue weighted by atomic mass is 35.5. The van der Waals surface area contributed by atoms with Crippen molar-refractivity contribution in [1.29, 1.82) is 0 Å². The molecule has 0 heterocycles. The Morgan fingerprint density at radius 2 is 2.00 bits per heavy atom. The zero-order valence-electron chi connectivity index (χ0n) is 10.4. The lowest BCUT2D eigenvalue weighted by molar-refractivity contribution is -0.148. The third-order valence-electron chi connectivity index (χ3n) is 2.63. The Balaban J connectivity index is 2.56. The minimum atomic E-state index is -0.245. The third-order valence-corrected chi connectivity index (χ3v) is 2.89. The van der Waals surface area contributed by atoms with Crippen LogP contribution in [0.15, 0.2) is 24.3 Å². The van der Waals surface area contributed by atoms with Crippen LogP contribution in [0.3, 0.4) is 0 Å². The number of likely N-dealkylation sites (N-methyl/N-ethyl adjacent to an activating group) is 1. The first-order valence-corrected chi connectivity index (χ1v) is 6.03. The summed E-state index contributed by atoms with van der Waals surface area (Å²) in [7, 11) is 1.90. The van der Waals surface area contributed by atoms with Gasteiger partial charge in [0.15, 0.2) is 0 Å². The van der Waals surface area contributed by atoms with Crippen molar-refractivity contribution < 1.29 is 9.53 Å². The second kappa shape index (κ2) is 6.62. The number of carbonyl (C=O) groups is 1. The van der Waals surface area contributed by atoms with Crippen LogP contribution >= 0.6 is 11.6 Å². The molecule has 0 fully saturated rings. The fourth-order valence-electron chi connectivity index (χ4n) is 1.46. The molecule has 0 N–H and O–H groups in total. The summed E-state index contributed by atoms with van der Waals surface area (Å²) in [5.41, 5.74) is 1.12. The van der Waals surface area contributed by atoms with Gasteiger partial charge in [-0.2, -0.15) is 0 Å². The van der Waals surface area contributed by atoms with E-state index in [-0.39, 0.29) is 12.0 Å². The Hall–Kier alpha value is -1.06. The quantitative estimate of drug-likeness (QED) is 0.758. The lowest BCUT2D eigenvalue weighted by atomic mass is 10.2. The van der Waals surface area contributed by atoms with E-state index in [1.54, 1.807) is 0 Å². The molecule has 3 nitrogen and oxygen atoms in total. The standard InChI is InChI=1S/C13H18ClNO2/c1-4-17-13(16)10(2)15(3)9-11-5-7-12(14)8-6-11/h5-8,10H,4,9H2,1-3H3. The number of hydrogen-bond donors (Lipinski definition) is 0. The van der Waals surface area contributed by atoms with Gasteiger partial charge in [0.1, 0.15) is 6.04 Å². The van der Waals surface area contributed by atoms with E-state index in [0.717, 1.165) is 10.6 Å². The van der Waals surface area contributed by atoms with Crippen molar-refractivity contribution in [2.45, 2.75) is 26.4 Å². The molecular weight excluding hydrogens is 238 g/mol. The molecule has 0 aliphatic heterocycles. The number of hydrogen-bond acceptors (Lipinski definition) is 3. The van der Waals surface area contributed by atoms with Gasteiger partial charge in [-0.3, -0.25) is 9.69 Å². The summed E-state index contributed by atoms with van der Waals surface area (Å²) in [5.74, 6) is -0.191. The SMILES string of the molecule is CCOC(=O)C(C)N(C)Cc1ccc(Cl)cc1. The average molecular weight is 256 g/mol. The molecule has 94 valence electrons. The van der Waals surface area contributed by atoms with Crippen LogP contribution in [0.1, 0.15) is 19.4 Å². The Kier molecular flexibility index (Phi) is 5.45. The minimum absolute atomic E-state index is 0.191. The summed E-state index contributed by atoms with van der Waals surface area (Å²) in [6.45, 7) is 4.76. The lowest BCUT2D eigenvalue weighted by Crippen LogP contribution is -2.36. The smallest absolute Gasteiger partial charge is 0.323 e. The van der Waals surface area contributed by atoms with Crippen molar-refractivity contribution in [2.24, 2.45) is 0 Å². The van der Waals surface area contributed by atoms with Crippen LogP contribution in [0.2, 0.25) is 5.02 Å². The Bertz CT molecular complexity index is 364. The number of rotatable bonds is 5. The van der Waals surface area contributed by atoms with Crippen molar-refractivity contribution in [3.05, 3.63) is 34.9 Å². The first kappa shape index (κ1) is 14.0. The summed E-state index contributed by atoms with van der Waals surface area (Å²) < 4.78 is 4.98. The molecule has 4 heteroatoms. The highest BCUT2D eigenvalue weighted by Crippen LogP contribution is 2.12. The van der Waals surface area contributed by atoms with Gasteiger partial charge in [0, 0.05) is 11.6 Å². The highest BCUT2D eigenvalue weighted by Gasteiger charge is 2.18. The first-order valence-electron chi connectivity index (χ1n) is 5.66. The molecule has 1 unspecified atom stereocenters. The second-order valence-corrected chi connectivity index (χ2v) is 4.41. The Labute approximate surface area is 107 Å². The molecular formula is C13H18ClNO2. The monoisotopic (exact) mass is 255 g/mol. The maximum Gasteiger partial charge on any atom is 0.323 e. The summed E-state index contributed by atoms with van der Waals surface area (Å²) in [6, 6.07) is 7.36. The largest absolute Gasteiger partial charge is 0.465 e. The molecule has 0 saturated carbocycles. The van der Waals surface area contributed by atoms with Gasteiger partial charge < -0.3 is 4.74 Å². The molecule has 1 atom stereocenters. The van der Waals surface area contributed by atoms with E-state index in [0.29, 0.717) is 13.2 Å². The molecule has 1 aromatic carbocycles. The van der Waals surface area contributed by atoms with E-state index in [2.05, 4.69) is 0 Å². The van der Waals surface area contributed by atoms with Crippen LogP contribution in [0.4, 0.5) is 0 Å². The molecule has 0 spiro atoms. The number of esters is 1. The van der Waals surface area contributed by atoms with Crippen LogP contribution in [-0.4, -0.2) is 30.6 Å². The Morgan fingerprint density at radius 1 is 1.41 bits per heavy atom. The second-order valence-electron chi connectivity index (χ2n) is 3.97. The molecule has 1 aromatic rings. The summed E-state index contributed by atoms with van der Waals surface area (Å²) >= 11 is 5.81. The molecule has 0 saturated heterocycles. The lowest BCUT2D eigenvalue weighted by Gasteiger charge is -2.22. The number of benzene rings is 1. The highest BCUT2D eigenvalue weighted by molar-refractivity contribution is 6.30. The van der Waals surface area contributed by atoms with Crippen LogP contribution in [0.25, 0.3) is 0 Å². The molecule has 0 amide bonds. The maximum absolute atomic E-state index is 11.5. The van der Waals surface area contributed by atoms with Gasteiger partial charge in [0.25, 0.3) is 0 Å². The summed E-state index contributed by atoms with van der Waals surface area (Å²) in [4.78, 5) is 13.5. The molecule has 0 aliphatic carbocycles. The zero-order chi connectivity index (χ0) is 12.8. The van der Waals surface area contributed by atoms with Crippen molar-refractivity contribution in [3.8, 4) is 0 Å². The molecule has 0 aliphatic rings. The number of halogens is 1. The maximum atomic E-state index is 11.5. The van der Waals surface area contributed by atoms with Gasteiger partial charge in [0.05, 0.1) is 6.61 Å². The van der Waals surface area contributed by atoms with Crippen LogP contribution < -0.4 is 0 Å². The van der Waals surface area contributed by atoms with E-state index in [9.17, 15) is 4.79 Å². The van der Waals surface area contributed by atoms with Crippen molar-refractivity contribution in [1.82, 2.24) is 4.90 Å². The Morgan fingerprint density at radius 3 is 2.53 bits per heavy atom. The van der Waals surface area contributed by atoms with Gasteiger partial charge in [0.2, 0.25) is 0 Å². The van der Waals surface area contributed by atoms with Crippen molar-refractivity contribution >= 4 is 17.6 Å². The van der Waals surface area contributed by atoms with E-state index >= 15 is 0 Å². The average Bonchev–Trinajstić information content (AvgIpc) is 2.31. The third kappa shape index (κ3) is 4.36. The predicted molar refractivity (Wildman–Crippen MR) is 69.0 cm³/mol. The van der Waals surface area contributed by atoms with E-state index in [1.807, 2.05) is 50.1 Å². The molecule has 0 aromatic heterocycles. The van der Waals surface area contributed by atoms with Gasteiger partial charge >= 0.3 is 5.97 Å². The van der Waals surface area contributed by atoms with Crippen LogP contribution in [-0.2, 0) is 16.1 Å². The molecule has 0 bridgehead atoms. The summed E-state index contributed by atoms with van der Waals surface area (Å²) in [6.07, 6.45) is 0. The summed E-state index contributed by atoms with van der Waals surface area (Å²) in [5, 5.41) is 0.717.